The van der Waals surface area contributed by atoms with Gasteiger partial charge in [0.2, 0.25) is 0 Å². The number of amides is 1. The van der Waals surface area contributed by atoms with Crippen LogP contribution in [0.4, 0.5) is 0 Å². The number of nitrogens with one attached hydrogen (secondary N) is 1. The number of aliphatic hydroxyl groups is 1. The van der Waals surface area contributed by atoms with Crippen LogP contribution in [-0.2, 0) is 4.79 Å². The molecule has 1 aliphatic rings. The Bertz CT molecular complexity index is 406. The molecule has 5 heteroatoms. The molecule has 1 amide bonds. The van der Waals surface area contributed by atoms with E-state index in [1.807, 2.05) is 25.2 Å². The molecule has 1 aromatic carbocycles. The molecule has 4 nitrogen and oxygen atoms in total. The van der Waals surface area contributed by atoms with Gasteiger partial charge in [-0.1, -0.05) is 30.3 Å². The summed E-state index contributed by atoms with van der Waals surface area (Å²) in [5.41, 5.74) is 0.671. The maximum atomic E-state index is 12.2. The van der Waals surface area contributed by atoms with Gasteiger partial charge in [-0.2, -0.15) is 0 Å². The molecule has 0 saturated carbocycles. The summed E-state index contributed by atoms with van der Waals surface area (Å²) in [6.45, 7) is 2.49. The van der Waals surface area contributed by atoms with Gasteiger partial charge in [-0.25, -0.2) is 0 Å². The summed E-state index contributed by atoms with van der Waals surface area (Å²) in [4.78, 5) is 14.0. The van der Waals surface area contributed by atoms with Crippen molar-refractivity contribution in [3.05, 3.63) is 35.9 Å². The number of aliphatic hydroxyl groups excluding tert-OH is 1. The highest BCUT2D eigenvalue weighted by Crippen LogP contribution is 2.21. The van der Waals surface area contributed by atoms with Crippen LogP contribution >= 0.6 is 12.4 Å². The van der Waals surface area contributed by atoms with Gasteiger partial charge in [0, 0.05) is 13.1 Å². The molecule has 1 unspecified atom stereocenters. The number of benzene rings is 1. The fraction of sp³-hybridized carbons (Fsp3) is 0.533. The van der Waals surface area contributed by atoms with Gasteiger partial charge in [-0.05, 0) is 37.9 Å². The lowest BCUT2D eigenvalue weighted by Crippen LogP contribution is -2.42. The summed E-state index contributed by atoms with van der Waals surface area (Å²) in [7, 11) is 1.96. The number of likely N-dealkylation sites (tertiary alicyclic amines) is 1. The molecule has 1 aliphatic heterocycles. The van der Waals surface area contributed by atoms with Crippen LogP contribution in [-0.4, -0.2) is 42.6 Å². The molecule has 1 saturated heterocycles. The van der Waals surface area contributed by atoms with Crippen LogP contribution in [0, 0.1) is 5.92 Å². The molecule has 2 N–H and O–H groups in total. The molecule has 20 heavy (non-hydrogen) atoms. The zero-order valence-corrected chi connectivity index (χ0v) is 12.6. The van der Waals surface area contributed by atoms with Crippen molar-refractivity contribution in [2.24, 2.45) is 5.92 Å². The molecular formula is C15H23ClN2O2. The quantitative estimate of drug-likeness (QED) is 0.888. The van der Waals surface area contributed by atoms with E-state index >= 15 is 0 Å². The van der Waals surface area contributed by atoms with Gasteiger partial charge in [0.25, 0.3) is 5.91 Å². The first-order valence-corrected chi connectivity index (χ1v) is 6.88. The smallest absolute Gasteiger partial charge is 0.256 e. The number of piperidine rings is 1. The summed E-state index contributed by atoms with van der Waals surface area (Å²) in [6.07, 6.45) is 0.990. The number of carbonyl (C=O) groups is 1. The SMILES string of the molecule is CNCC1CCN(C(=O)C(O)c2ccccc2)CC1.Cl. The van der Waals surface area contributed by atoms with Crippen molar-refractivity contribution in [3.8, 4) is 0 Å². The van der Waals surface area contributed by atoms with Crippen molar-refractivity contribution in [2.75, 3.05) is 26.7 Å². The van der Waals surface area contributed by atoms with E-state index in [0.717, 1.165) is 32.5 Å². The van der Waals surface area contributed by atoms with Crippen LogP contribution in [0.3, 0.4) is 0 Å². The Kier molecular flexibility index (Phi) is 6.99. The van der Waals surface area contributed by atoms with Gasteiger partial charge in [-0.3, -0.25) is 4.79 Å². The summed E-state index contributed by atoms with van der Waals surface area (Å²) in [5.74, 6) is 0.469. The second-order valence-corrected chi connectivity index (χ2v) is 5.14. The fourth-order valence-corrected chi connectivity index (χ4v) is 2.60. The standard InChI is InChI=1S/C15H22N2O2.ClH/c1-16-11-12-7-9-17(10-8-12)15(19)14(18)13-5-3-2-4-6-13;/h2-6,12,14,16,18H,7-11H2,1H3;1H. The highest BCUT2D eigenvalue weighted by atomic mass is 35.5. The predicted molar refractivity (Wildman–Crippen MR) is 81.9 cm³/mol. The number of carbonyl (C=O) groups excluding carboxylic acids is 1. The Balaban J connectivity index is 0.00000200. The number of hydrogen-bond donors (Lipinski definition) is 2. The number of halogens is 1. The van der Waals surface area contributed by atoms with Crippen molar-refractivity contribution in [1.29, 1.82) is 0 Å². The third-order valence-corrected chi connectivity index (χ3v) is 3.77. The maximum absolute atomic E-state index is 12.2. The fourth-order valence-electron chi connectivity index (χ4n) is 2.60. The Morgan fingerprint density at radius 1 is 1.35 bits per heavy atom. The minimum atomic E-state index is -1.03. The average molecular weight is 299 g/mol. The topological polar surface area (TPSA) is 52.6 Å². The van der Waals surface area contributed by atoms with E-state index in [9.17, 15) is 9.90 Å². The monoisotopic (exact) mass is 298 g/mol. The first-order valence-electron chi connectivity index (χ1n) is 6.88. The minimum absolute atomic E-state index is 0. The Labute approximate surface area is 126 Å². The zero-order chi connectivity index (χ0) is 13.7. The van der Waals surface area contributed by atoms with E-state index in [1.165, 1.54) is 0 Å². The Morgan fingerprint density at radius 2 is 1.95 bits per heavy atom. The van der Waals surface area contributed by atoms with Crippen LogP contribution in [0.1, 0.15) is 24.5 Å². The van der Waals surface area contributed by atoms with Crippen molar-refractivity contribution < 1.29 is 9.90 Å². The largest absolute Gasteiger partial charge is 0.378 e. The van der Waals surface area contributed by atoms with Crippen molar-refractivity contribution in [3.63, 3.8) is 0 Å². The molecule has 0 aliphatic carbocycles. The molecule has 0 bridgehead atoms. The molecule has 2 rings (SSSR count). The second kappa shape index (κ2) is 8.25. The van der Waals surface area contributed by atoms with Crippen LogP contribution in [0.25, 0.3) is 0 Å². The molecule has 1 heterocycles. The number of hydrogen-bond acceptors (Lipinski definition) is 3. The van der Waals surface area contributed by atoms with Crippen LogP contribution in [0.2, 0.25) is 0 Å². The van der Waals surface area contributed by atoms with Crippen LogP contribution < -0.4 is 5.32 Å². The van der Waals surface area contributed by atoms with E-state index in [1.54, 1.807) is 17.0 Å². The normalized spacial score (nSPS) is 17.4. The molecule has 112 valence electrons. The van der Waals surface area contributed by atoms with Crippen molar-refractivity contribution >= 4 is 18.3 Å². The zero-order valence-electron chi connectivity index (χ0n) is 11.8. The Hall–Kier alpha value is -1.10. The van der Waals surface area contributed by atoms with E-state index in [-0.39, 0.29) is 18.3 Å². The number of rotatable bonds is 4. The summed E-state index contributed by atoms with van der Waals surface area (Å²) < 4.78 is 0. The molecular weight excluding hydrogens is 276 g/mol. The average Bonchev–Trinajstić information content (AvgIpc) is 2.48. The lowest BCUT2D eigenvalue weighted by Gasteiger charge is -2.33. The van der Waals surface area contributed by atoms with E-state index in [2.05, 4.69) is 5.32 Å². The van der Waals surface area contributed by atoms with E-state index < -0.39 is 6.10 Å². The van der Waals surface area contributed by atoms with Gasteiger partial charge in [0.05, 0.1) is 0 Å². The third-order valence-electron chi connectivity index (χ3n) is 3.77. The summed E-state index contributed by atoms with van der Waals surface area (Å²) in [6, 6.07) is 9.13. The lowest BCUT2D eigenvalue weighted by atomic mass is 9.96. The first-order chi connectivity index (χ1) is 9.22. The Morgan fingerprint density at radius 3 is 2.50 bits per heavy atom. The van der Waals surface area contributed by atoms with E-state index in [0.29, 0.717) is 11.5 Å². The van der Waals surface area contributed by atoms with Gasteiger partial charge >= 0.3 is 0 Å². The van der Waals surface area contributed by atoms with Gasteiger partial charge in [0.1, 0.15) is 0 Å². The maximum Gasteiger partial charge on any atom is 0.256 e. The number of nitrogens with zero attached hydrogens (tertiary/aromatic N) is 1. The summed E-state index contributed by atoms with van der Waals surface area (Å²) >= 11 is 0. The summed E-state index contributed by atoms with van der Waals surface area (Å²) in [5, 5.41) is 13.3. The van der Waals surface area contributed by atoms with Gasteiger partial charge < -0.3 is 15.3 Å². The van der Waals surface area contributed by atoms with Gasteiger partial charge in [0.15, 0.2) is 6.10 Å². The van der Waals surface area contributed by atoms with Crippen LogP contribution in [0.15, 0.2) is 30.3 Å². The molecule has 1 atom stereocenters. The molecule has 1 fully saturated rings. The molecule has 0 radical (unpaired) electrons. The minimum Gasteiger partial charge on any atom is -0.378 e. The van der Waals surface area contributed by atoms with E-state index in [4.69, 9.17) is 0 Å². The molecule has 0 spiro atoms. The third kappa shape index (κ3) is 4.20. The van der Waals surface area contributed by atoms with Gasteiger partial charge in [-0.15, -0.1) is 12.4 Å². The van der Waals surface area contributed by atoms with Crippen molar-refractivity contribution in [1.82, 2.24) is 10.2 Å². The van der Waals surface area contributed by atoms with Crippen molar-refractivity contribution in [2.45, 2.75) is 18.9 Å². The van der Waals surface area contributed by atoms with Crippen LogP contribution in [0.5, 0.6) is 0 Å². The first kappa shape index (κ1) is 17.0. The molecule has 1 aromatic rings. The highest BCUT2D eigenvalue weighted by Gasteiger charge is 2.27. The molecule has 0 aromatic heterocycles. The highest BCUT2D eigenvalue weighted by molar-refractivity contribution is 5.85. The lowest BCUT2D eigenvalue weighted by molar-refractivity contribution is -0.142. The second-order valence-electron chi connectivity index (χ2n) is 5.14. The predicted octanol–water partition coefficient (Wildman–Crippen LogP) is 1.60.